The maximum absolute atomic E-state index is 12.7. The van der Waals surface area contributed by atoms with E-state index in [-0.39, 0.29) is 30.5 Å². The maximum Gasteiger partial charge on any atom is 0.306 e. The van der Waals surface area contributed by atoms with Crippen molar-refractivity contribution >= 4 is 22.8 Å². The highest BCUT2D eigenvalue weighted by Gasteiger charge is 2.17. The summed E-state index contributed by atoms with van der Waals surface area (Å²) in [5.74, 6) is 0.211. The molecule has 1 aliphatic carbocycles. The number of benzene rings is 1. The molecule has 9 heteroatoms. The molecule has 0 saturated heterocycles. The molecular formula is C22H29N3O6. The molecule has 0 unspecified atom stereocenters. The zero-order valence-electron chi connectivity index (χ0n) is 18.0. The highest BCUT2D eigenvalue weighted by Crippen LogP contribution is 2.29. The van der Waals surface area contributed by atoms with Crippen LogP contribution in [0.2, 0.25) is 0 Å². The summed E-state index contributed by atoms with van der Waals surface area (Å²) in [6, 6.07) is 3.43. The van der Waals surface area contributed by atoms with Crippen LogP contribution in [0.1, 0.15) is 44.9 Å². The van der Waals surface area contributed by atoms with Crippen molar-refractivity contribution in [3.8, 4) is 11.5 Å². The van der Waals surface area contributed by atoms with E-state index in [1.165, 1.54) is 31.5 Å². The number of rotatable bonds is 9. The molecule has 9 nitrogen and oxygen atoms in total. The first-order chi connectivity index (χ1) is 15.0. The third kappa shape index (κ3) is 5.96. The van der Waals surface area contributed by atoms with E-state index in [9.17, 15) is 14.4 Å². The highest BCUT2D eigenvalue weighted by molar-refractivity contribution is 5.82. The van der Waals surface area contributed by atoms with Gasteiger partial charge in [-0.3, -0.25) is 19.0 Å². The first-order valence-corrected chi connectivity index (χ1v) is 10.6. The maximum atomic E-state index is 12.7. The molecule has 0 atom stereocenters. The van der Waals surface area contributed by atoms with Gasteiger partial charge in [0.05, 0.1) is 31.4 Å². The van der Waals surface area contributed by atoms with E-state index in [4.69, 9.17) is 14.2 Å². The van der Waals surface area contributed by atoms with Gasteiger partial charge in [-0.25, -0.2) is 4.98 Å². The van der Waals surface area contributed by atoms with Crippen molar-refractivity contribution in [3.05, 3.63) is 28.8 Å². The van der Waals surface area contributed by atoms with E-state index >= 15 is 0 Å². The fourth-order valence-electron chi connectivity index (χ4n) is 3.77. The predicted octanol–water partition coefficient (Wildman–Crippen LogP) is 2.19. The van der Waals surface area contributed by atoms with Crippen LogP contribution in [0.15, 0.2) is 23.3 Å². The van der Waals surface area contributed by atoms with Crippen molar-refractivity contribution in [2.75, 3.05) is 20.8 Å². The summed E-state index contributed by atoms with van der Waals surface area (Å²) in [4.78, 5) is 40.9. The average Bonchev–Trinajstić information content (AvgIpc) is 2.79. The van der Waals surface area contributed by atoms with E-state index in [0.29, 0.717) is 35.4 Å². The monoisotopic (exact) mass is 431 g/mol. The van der Waals surface area contributed by atoms with Crippen molar-refractivity contribution in [3.63, 3.8) is 0 Å². The van der Waals surface area contributed by atoms with Crippen LogP contribution in [-0.4, -0.2) is 48.3 Å². The second-order valence-corrected chi connectivity index (χ2v) is 7.63. The van der Waals surface area contributed by atoms with Gasteiger partial charge in [-0.1, -0.05) is 19.3 Å². The molecule has 0 spiro atoms. The number of methoxy groups -OCH3 is 2. The van der Waals surface area contributed by atoms with Gasteiger partial charge in [-0.2, -0.15) is 0 Å². The van der Waals surface area contributed by atoms with Gasteiger partial charge < -0.3 is 19.5 Å². The number of nitrogens with zero attached hydrogens (tertiary/aromatic N) is 2. The number of aromatic nitrogens is 2. The number of carbonyl (C=O) groups is 2. The van der Waals surface area contributed by atoms with Gasteiger partial charge in [0.25, 0.3) is 11.5 Å². The van der Waals surface area contributed by atoms with Gasteiger partial charge in [0.2, 0.25) is 0 Å². The van der Waals surface area contributed by atoms with Crippen molar-refractivity contribution in [1.29, 1.82) is 0 Å². The molecule has 0 bridgehead atoms. The van der Waals surface area contributed by atoms with Crippen LogP contribution in [-0.2, 0) is 20.9 Å². The number of carbonyl (C=O) groups excluding carboxylic acids is 2. The molecule has 1 fully saturated rings. The van der Waals surface area contributed by atoms with Crippen molar-refractivity contribution in [2.45, 2.75) is 57.5 Å². The molecule has 2 aromatic rings. The van der Waals surface area contributed by atoms with Crippen LogP contribution in [0.5, 0.6) is 11.5 Å². The second kappa shape index (κ2) is 10.8. The van der Waals surface area contributed by atoms with E-state index in [2.05, 4.69) is 10.3 Å². The number of hydrogen-bond acceptors (Lipinski definition) is 7. The van der Waals surface area contributed by atoms with E-state index in [0.717, 1.165) is 25.7 Å². The summed E-state index contributed by atoms with van der Waals surface area (Å²) in [6.45, 7) is 0.0356. The number of nitrogens with one attached hydrogen (secondary N) is 1. The summed E-state index contributed by atoms with van der Waals surface area (Å²) in [7, 11) is 3.02. The Morgan fingerprint density at radius 1 is 1.13 bits per heavy atom. The lowest BCUT2D eigenvalue weighted by atomic mass is 9.95. The quantitative estimate of drug-likeness (QED) is 0.606. The lowest BCUT2D eigenvalue weighted by Gasteiger charge is -2.22. The van der Waals surface area contributed by atoms with Crippen molar-refractivity contribution in [2.24, 2.45) is 0 Å². The van der Waals surface area contributed by atoms with Gasteiger partial charge in [0.1, 0.15) is 0 Å². The molecule has 1 N–H and O–H groups in total. The molecule has 0 radical (unpaired) electrons. The molecule has 168 valence electrons. The minimum absolute atomic E-state index is 0.104. The van der Waals surface area contributed by atoms with Crippen molar-refractivity contribution < 1.29 is 23.8 Å². The highest BCUT2D eigenvalue weighted by atomic mass is 16.5. The Morgan fingerprint density at radius 2 is 1.84 bits per heavy atom. The first kappa shape index (κ1) is 22.6. The van der Waals surface area contributed by atoms with Crippen LogP contribution in [0.25, 0.3) is 10.9 Å². The van der Waals surface area contributed by atoms with Gasteiger partial charge in [0, 0.05) is 25.1 Å². The Balaban J connectivity index is 1.49. The minimum atomic E-state index is -0.466. The number of ether oxygens (including phenoxy) is 3. The SMILES string of the molecule is COc1cc2ncn(CCCC(=O)OCC(=O)NC3CCCCC3)c(=O)c2cc1OC. The smallest absolute Gasteiger partial charge is 0.306 e. The number of aryl methyl sites for hydroxylation is 1. The van der Waals surface area contributed by atoms with Crippen LogP contribution in [0.3, 0.4) is 0 Å². The molecule has 1 aliphatic rings. The number of amides is 1. The minimum Gasteiger partial charge on any atom is -0.493 e. The zero-order valence-corrected chi connectivity index (χ0v) is 18.0. The summed E-state index contributed by atoms with van der Waals surface area (Å²) in [5.41, 5.74) is 0.272. The van der Waals surface area contributed by atoms with Crippen LogP contribution in [0, 0.1) is 0 Å². The fourth-order valence-corrected chi connectivity index (χ4v) is 3.77. The van der Waals surface area contributed by atoms with Gasteiger partial charge in [-0.05, 0) is 25.3 Å². The summed E-state index contributed by atoms with van der Waals surface area (Å²) >= 11 is 0. The predicted molar refractivity (Wildman–Crippen MR) is 114 cm³/mol. The third-order valence-electron chi connectivity index (χ3n) is 5.44. The Labute approximate surface area is 180 Å². The standard InChI is InChI=1S/C22H29N3O6/c1-29-18-11-16-17(12-19(18)30-2)23-14-25(22(16)28)10-6-9-21(27)31-13-20(26)24-15-7-4-3-5-8-15/h11-12,14-15H,3-10,13H2,1-2H3,(H,24,26). The van der Waals surface area contributed by atoms with E-state index in [1.807, 2.05) is 0 Å². The molecule has 0 aliphatic heterocycles. The molecular weight excluding hydrogens is 402 g/mol. The Hall–Kier alpha value is -3.10. The molecule has 31 heavy (non-hydrogen) atoms. The third-order valence-corrected chi connectivity index (χ3v) is 5.44. The molecule has 1 aromatic carbocycles. The topological polar surface area (TPSA) is 109 Å². The van der Waals surface area contributed by atoms with E-state index < -0.39 is 5.97 Å². The summed E-state index contributed by atoms with van der Waals surface area (Å²) in [5, 5.41) is 3.31. The van der Waals surface area contributed by atoms with Gasteiger partial charge in [0.15, 0.2) is 18.1 Å². The Morgan fingerprint density at radius 3 is 2.55 bits per heavy atom. The normalized spacial score (nSPS) is 14.3. The molecule has 1 heterocycles. The van der Waals surface area contributed by atoms with Crippen molar-refractivity contribution in [1.82, 2.24) is 14.9 Å². The zero-order chi connectivity index (χ0) is 22.2. The Kier molecular flexibility index (Phi) is 7.86. The van der Waals surface area contributed by atoms with Crippen LogP contribution < -0.4 is 20.3 Å². The summed E-state index contributed by atoms with van der Waals surface area (Å²) in [6.07, 6.45) is 7.34. The average molecular weight is 431 g/mol. The fraction of sp³-hybridized carbons (Fsp3) is 0.545. The lowest BCUT2D eigenvalue weighted by Crippen LogP contribution is -2.38. The summed E-state index contributed by atoms with van der Waals surface area (Å²) < 4.78 is 17.0. The van der Waals surface area contributed by atoms with Gasteiger partial charge in [-0.15, -0.1) is 0 Å². The number of esters is 1. The second-order valence-electron chi connectivity index (χ2n) is 7.63. The first-order valence-electron chi connectivity index (χ1n) is 10.6. The van der Waals surface area contributed by atoms with E-state index in [1.54, 1.807) is 12.1 Å². The number of hydrogen-bond donors (Lipinski definition) is 1. The number of fused-ring (bicyclic) bond motifs is 1. The largest absolute Gasteiger partial charge is 0.493 e. The molecule has 1 aromatic heterocycles. The molecule has 3 rings (SSSR count). The Bertz CT molecular complexity index is 981. The van der Waals surface area contributed by atoms with Crippen LogP contribution in [0.4, 0.5) is 0 Å². The van der Waals surface area contributed by atoms with Gasteiger partial charge >= 0.3 is 5.97 Å². The molecule has 1 saturated carbocycles. The van der Waals surface area contributed by atoms with Crippen LogP contribution >= 0.6 is 0 Å². The molecule has 1 amide bonds. The lowest BCUT2D eigenvalue weighted by molar-refractivity contribution is -0.148.